The number of nitrogens with zero attached hydrogens (tertiary/aromatic N) is 2. The van der Waals surface area contributed by atoms with Crippen LogP contribution in [0.1, 0.15) is 5.56 Å². The molecule has 0 aliphatic heterocycles. The molecule has 0 aromatic carbocycles. The van der Waals surface area contributed by atoms with Gasteiger partial charge in [-0.3, -0.25) is 4.68 Å². The van der Waals surface area contributed by atoms with Gasteiger partial charge in [0.1, 0.15) is 0 Å². The van der Waals surface area contributed by atoms with Gasteiger partial charge in [-0.05, 0) is 0 Å². The third-order valence-corrected chi connectivity index (χ3v) is 1.62. The number of carboxylic acids is 1. The van der Waals surface area contributed by atoms with E-state index in [-0.39, 0.29) is 12.1 Å². The van der Waals surface area contributed by atoms with E-state index >= 15 is 0 Å². The monoisotopic (exact) mass is 220 g/mol. The minimum Gasteiger partial charge on any atom is -0.478 e. The first kappa shape index (κ1) is 11.3. The molecule has 0 unspecified atom stereocenters. The van der Waals surface area contributed by atoms with Gasteiger partial charge in [0.2, 0.25) is 0 Å². The predicted molar refractivity (Wildman–Crippen MR) is 44.0 cm³/mol. The Balaban J connectivity index is 2.78. The lowest BCUT2D eigenvalue weighted by atomic mass is 10.3. The zero-order chi connectivity index (χ0) is 11.6. The summed E-state index contributed by atoms with van der Waals surface area (Å²) >= 11 is 0. The highest BCUT2D eigenvalue weighted by molar-refractivity contribution is 5.85. The van der Waals surface area contributed by atoms with E-state index in [1.54, 1.807) is 0 Å². The van der Waals surface area contributed by atoms with E-state index in [4.69, 9.17) is 5.11 Å². The third-order valence-electron chi connectivity index (χ3n) is 1.62. The third kappa shape index (κ3) is 2.83. The number of hydrogen-bond donors (Lipinski definition) is 1. The van der Waals surface area contributed by atoms with Crippen LogP contribution in [0.4, 0.5) is 13.2 Å². The van der Waals surface area contributed by atoms with Gasteiger partial charge in [0, 0.05) is 6.20 Å². The highest BCUT2D eigenvalue weighted by Gasteiger charge is 2.32. The quantitative estimate of drug-likeness (QED) is 0.786. The normalized spacial score (nSPS) is 11.4. The van der Waals surface area contributed by atoms with E-state index in [0.717, 1.165) is 10.9 Å². The van der Waals surface area contributed by atoms with Crippen molar-refractivity contribution in [2.24, 2.45) is 0 Å². The minimum absolute atomic E-state index is 0.230. The van der Waals surface area contributed by atoms with Crippen LogP contribution in [-0.4, -0.2) is 20.9 Å². The maximum atomic E-state index is 12.1. The molecule has 0 saturated heterocycles. The van der Waals surface area contributed by atoms with E-state index in [1.807, 2.05) is 0 Å². The molecule has 82 valence electrons. The smallest absolute Gasteiger partial charge is 0.419 e. The lowest BCUT2D eigenvalue weighted by molar-refractivity contribution is -0.137. The first-order valence-corrected chi connectivity index (χ1v) is 3.81. The molecule has 0 fully saturated rings. The van der Waals surface area contributed by atoms with Gasteiger partial charge in [-0.1, -0.05) is 6.58 Å². The maximum Gasteiger partial charge on any atom is 0.419 e. The molecule has 4 nitrogen and oxygen atoms in total. The first-order valence-electron chi connectivity index (χ1n) is 3.81. The molecule has 15 heavy (non-hydrogen) atoms. The number of aliphatic carboxylic acids is 1. The molecular weight excluding hydrogens is 213 g/mol. The van der Waals surface area contributed by atoms with Crippen LogP contribution in [-0.2, 0) is 17.5 Å². The second-order valence-electron chi connectivity index (χ2n) is 2.83. The van der Waals surface area contributed by atoms with Crippen molar-refractivity contribution in [3.8, 4) is 0 Å². The zero-order valence-corrected chi connectivity index (χ0v) is 7.45. The summed E-state index contributed by atoms with van der Waals surface area (Å²) in [7, 11) is 0. The van der Waals surface area contributed by atoms with E-state index in [0.29, 0.717) is 6.20 Å². The summed E-state index contributed by atoms with van der Waals surface area (Å²) in [5.41, 5.74) is -1.15. The molecule has 1 aromatic rings. The lowest BCUT2D eigenvalue weighted by Gasteiger charge is -2.01. The highest BCUT2D eigenvalue weighted by Crippen LogP contribution is 2.28. The maximum absolute atomic E-state index is 12.1. The van der Waals surface area contributed by atoms with Crippen LogP contribution in [0, 0.1) is 0 Å². The van der Waals surface area contributed by atoms with Crippen molar-refractivity contribution in [1.29, 1.82) is 0 Å². The largest absolute Gasteiger partial charge is 0.478 e. The Morgan fingerprint density at radius 3 is 2.60 bits per heavy atom. The fraction of sp³-hybridized carbons (Fsp3) is 0.250. The van der Waals surface area contributed by atoms with Crippen LogP contribution < -0.4 is 0 Å². The molecule has 0 amide bonds. The number of hydrogen-bond acceptors (Lipinski definition) is 2. The standard InChI is InChI=1S/C8H7F3N2O2/c1-5(7(14)15)3-13-4-6(2-12-13)8(9,10)11/h2,4H,1,3H2,(H,14,15). The SMILES string of the molecule is C=C(Cn1cc(C(F)(F)F)cn1)C(=O)O. The molecular formula is C8H7F3N2O2. The van der Waals surface area contributed by atoms with E-state index < -0.39 is 17.7 Å². The van der Waals surface area contributed by atoms with Crippen molar-refractivity contribution >= 4 is 5.97 Å². The van der Waals surface area contributed by atoms with E-state index in [2.05, 4.69) is 11.7 Å². The van der Waals surface area contributed by atoms with Gasteiger partial charge in [0.05, 0.1) is 23.9 Å². The molecule has 0 saturated carbocycles. The van der Waals surface area contributed by atoms with Crippen LogP contribution in [0.15, 0.2) is 24.5 Å². The van der Waals surface area contributed by atoms with Crippen molar-refractivity contribution in [3.05, 3.63) is 30.1 Å². The van der Waals surface area contributed by atoms with Gasteiger partial charge < -0.3 is 5.11 Å². The fourth-order valence-corrected chi connectivity index (χ4v) is 0.860. The summed E-state index contributed by atoms with van der Waals surface area (Å²) in [6, 6.07) is 0. The number of rotatable bonds is 3. The molecule has 7 heteroatoms. The number of carbonyl (C=O) groups is 1. The Kier molecular flexibility index (Phi) is 2.83. The van der Waals surface area contributed by atoms with Crippen molar-refractivity contribution < 1.29 is 23.1 Å². The van der Waals surface area contributed by atoms with Gasteiger partial charge in [0.25, 0.3) is 0 Å². The Morgan fingerprint density at radius 2 is 2.20 bits per heavy atom. The highest BCUT2D eigenvalue weighted by atomic mass is 19.4. The number of alkyl halides is 3. The molecule has 1 rings (SSSR count). The topological polar surface area (TPSA) is 55.1 Å². The van der Waals surface area contributed by atoms with E-state index in [9.17, 15) is 18.0 Å². The molecule has 0 radical (unpaired) electrons. The van der Waals surface area contributed by atoms with Crippen molar-refractivity contribution in [1.82, 2.24) is 9.78 Å². The summed E-state index contributed by atoms with van der Waals surface area (Å²) in [6.07, 6.45) is -3.11. The molecule has 0 bridgehead atoms. The van der Waals surface area contributed by atoms with Crippen LogP contribution in [0.2, 0.25) is 0 Å². The number of carboxylic acid groups (broad SMARTS) is 1. The zero-order valence-electron chi connectivity index (χ0n) is 7.45. The van der Waals surface area contributed by atoms with Gasteiger partial charge in [-0.25, -0.2) is 4.79 Å². The lowest BCUT2D eigenvalue weighted by Crippen LogP contribution is -2.09. The van der Waals surface area contributed by atoms with Gasteiger partial charge in [-0.2, -0.15) is 18.3 Å². The van der Waals surface area contributed by atoms with Crippen molar-refractivity contribution in [2.75, 3.05) is 0 Å². The van der Waals surface area contributed by atoms with Crippen LogP contribution in [0.5, 0.6) is 0 Å². The minimum atomic E-state index is -4.47. The summed E-state index contributed by atoms with van der Waals surface area (Å²) in [5.74, 6) is -1.26. The number of aromatic nitrogens is 2. The molecule has 0 atom stereocenters. The van der Waals surface area contributed by atoms with Crippen molar-refractivity contribution in [3.63, 3.8) is 0 Å². The Bertz CT molecular complexity index is 395. The van der Waals surface area contributed by atoms with Crippen molar-refractivity contribution in [2.45, 2.75) is 12.7 Å². The Morgan fingerprint density at radius 1 is 1.60 bits per heavy atom. The molecule has 0 aliphatic carbocycles. The van der Waals surface area contributed by atoms with Crippen LogP contribution >= 0.6 is 0 Å². The molecule has 1 N–H and O–H groups in total. The number of halogens is 3. The molecule has 0 aliphatic rings. The molecule has 1 aromatic heterocycles. The molecule has 1 heterocycles. The average molecular weight is 220 g/mol. The van der Waals surface area contributed by atoms with Crippen LogP contribution in [0.25, 0.3) is 0 Å². The summed E-state index contributed by atoms with van der Waals surface area (Å²) in [4.78, 5) is 10.3. The summed E-state index contributed by atoms with van der Waals surface area (Å²) < 4.78 is 37.2. The van der Waals surface area contributed by atoms with Crippen LogP contribution in [0.3, 0.4) is 0 Å². The first-order chi connectivity index (χ1) is 6.80. The second kappa shape index (κ2) is 3.76. The van der Waals surface area contributed by atoms with E-state index in [1.165, 1.54) is 0 Å². The molecule has 0 spiro atoms. The summed E-state index contributed by atoms with van der Waals surface area (Å²) in [6.45, 7) is 2.91. The van der Waals surface area contributed by atoms with Gasteiger partial charge >= 0.3 is 12.1 Å². The fourth-order valence-electron chi connectivity index (χ4n) is 0.860. The Labute approximate surface area is 82.6 Å². The Hall–Kier alpha value is -1.79. The predicted octanol–water partition coefficient (Wildman–Crippen LogP) is 1.54. The second-order valence-corrected chi connectivity index (χ2v) is 2.83. The van der Waals surface area contributed by atoms with Gasteiger partial charge in [-0.15, -0.1) is 0 Å². The van der Waals surface area contributed by atoms with Gasteiger partial charge in [0.15, 0.2) is 0 Å². The average Bonchev–Trinajstić information content (AvgIpc) is 2.51. The summed E-state index contributed by atoms with van der Waals surface area (Å²) in [5, 5.41) is 11.8.